The lowest BCUT2D eigenvalue weighted by atomic mass is 10.1. The molecule has 0 fully saturated rings. The monoisotopic (exact) mass is 218 g/mol. The normalized spacial score (nSPS) is 14.1. The first-order valence-electron chi connectivity index (χ1n) is 4.95. The first kappa shape index (κ1) is 13.9. The Morgan fingerprint density at radius 3 is 2.40 bits per heavy atom. The Bertz CT molecular complexity index is 214. The molecule has 2 atom stereocenters. The quantitative estimate of drug-likeness (QED) is 0.657. The van der Waals surface area contributed by atoms with Crippen molar-refractivity contribution in [3.8, 4) is 0 Å². The fourth-order valence-corrected chi connectivity index (χ4v) is 0.843. The van der Waals surface area contributed by atoms with Gasteiger partial charge in [-0.3, -0.25) is 9.59 Å². The Balaban J connectivity index is 3.89. The molecule has 0 amide bonds. The van der Waals surface area contributed by atoms with E-state index in [1.54, 1.807) is 6.92 Å². The molecule has 0 bridgehead atoms. The number of esters is 2. The minimum atomic E-state index is -0.768. The molecule has 0 spiro atoms. The number of aliphatic hydroxyl groups excluding tert-OH is 1. The molecule has 0 aromatic heterocycles. The third-order valence-corrected chi connectivity index (χ3v) is 1.96. The second kappa shape index (κ2) is 7.23. The van der Waals surface area contributed by atoms with Crippen LogP contribution in [0.5, 0.6) is 0 Å². The molecule has 5 nitrogen and oxygen atoms in total. The largest absolute Gasteiger partial charge is 0.461 e. The number of carbonyl (C=O) groups is 2. The fourth-order valence-electron chi connectivity index (χ4n) is 0.843. The molecular formula is C10H18O5. The summed E-state index contributed by atoms with van der Waals surface area (Å²) in [5, 5.41) is 8.82. The Morgan fingerprint density at radius 2 is 2.00 bits per heavy atom. The first-order chi connectivity index (χ1) is 7.01. The van der Waals surface area contributed by atoms with E-state index in [0.29, 0.717) is 6.42 Å². The molecule has 0 radical (unpaired) electrons. The van der Waals surface area contributed by atoms with Gasteiger partial charge in [0.25, 0.3) is 0 Å². The van der Waals surface area contributed by atoms with Crippen molar-refractivity contribution >= 4 is 11.9 Å². The zero-order valence-corrected chi connectivity index (χ0v) is 9.36. The predicted octanol–water partition coefficient (Wildman–Crippen LogP) is 0.500. The number of aliphatic hydroxyl groups is 1. The van der Waals surface area contributed by atoms with Gasteiger partial charge in [0.05, 0.1) is 12.5 Å². The van der Waals surface area contributed by atoms with Gasteiger partial charge in [0.2, 0.25) is 0 Å². The van der Waals surface area contributed by atoms with Crippen molar-refractivity contribution < 1.29 is 24.2 Å². The van der Waals surface area contributed by atoms with Gasteiger partial charge in [-0.25, -0.2) is 0 Å². The van der Waals surface area contributed by atoms with E-state index in [0.717, 1.165) is 0 Å². The zero-order chi connectivity index (χ0) is 11.8. The molecule has 0 heterocycles. The highest BCUT2D eigenvalue weighted by Crippen LogP contribution is 2.04. The van der Waals surface area contributed by atoms with Crippen LogP contribution in [0, 0.1) is 5.92 Å². The van der Waals surface area contributed by atoms with Crippen molar-refractivity contribution in [3.63, 3.8) is 0 Å². The molecule has 0 aromatic rings. The van der Waals surface area contributed by atoms with Gasteiger partial charge in [-0.15, -0.1) is 0 Å². The highest BCUT2D eigenvalue weighted by molar-refractivity contribution is 5.72. The Labute approximate surface area is 89.4 Å². The molecule has 5 heteroatoms. The molecule has 0 rings (SSSR count). The summed E-state index contributed by atoms with van der Waals surface area (Å²) in [5.41, 5.74) is 0. The van der Waals surface area contributed by atoms with Crippen molar-refractivity contribution in [3.05, 3.63) is 0 Å². The van der Waals surface area contributed by atoms with Crippen molar-refractivity contribution in [1.29, 1.82) is 0 Å². The van der Waals surface area contributed by atoms with E-state index < -0.39 is 12.1 Å². The lowest BCUT2D eigenvalue weighted by Gasteiger charge is -2.15. The summed E-state index contributed by atoms with van der Waals surface area (Å²) < 4.78 is 9.57. The summed E-state index contributed by atoms with van der Waals surface area (Å²) in [6.45, 7) is 4.41. The molecule has 0 saturated carbocycles. The van der Waals surface area contributed by atoms with Gasteiger partial charge < -0.3 is 14.6 Å². The van der Waals surface area contributed by atoms with Crippen LogP contribution in [0.4, 0.5) is 0 Å². The molecule has 15 heavy (non-hydrogen) atoms. The van der Waals surface area contributed by atoms with Gasteiger partial charge in [-0.1, -0.05) is 13.8 Å². The van der Waals surface area contributed by atoms with Crippen LogP contribution in [0.15, 0.2) is 0 Å². The third-order valence-electron chi connectivity index (χ3n) is 1.96. The van der Waals surface area contributed by atoms with E-state index in [2.05, 4.69) is 0 Å². The standard InChI is InChI=1S/C10H18O5/c1-4-7(2)10(13)14-6-9(5-11)15-8(3)12/h7,9,11H,4-6H2,1-3H3. The average molecular weight is 218 g/mol. The SMILES string of the molecule is CCC(C)C(=O)OCC(CO)OC(C)=O. The number of ether oxygens (including phenoxy) is 2. The van der Waals surface area contributed by atoms with Crippen molar-refractivity contribution in [1.82, 2.24) is 0 Å². The van der Waals surface area contributed by atoms with Crippen LogP contribution in [0.1, 0.15) is 27.2 Å². The number of rotatable bonds is 6. The van der Waals surface area contributed by atoms with E-state index in [1.165, 1.54) is 6.92 Å². The van der Waals surface area contributed by atoms with E-state index in [-0.39, 0.29) is 25.1 Å². The fraction of sp³-hybridized carbons (Fsp3) is 0.800. The second-order valence-electron chi connectivity index (χ2n) is 3.35. The first-order valence-corrected chi connectivity index (χ1v) is 4.95. The Morgan fingerprint density at radius 1 is 1.40 bits per heavy atom. The molecule has 2 unspecified atom stereocenters. The average Bonchev–Trinajstić information content (AvgIpc) is 2.21. The highest BCUT2D eigenvalue weighted by Gasteiger charge is 2.16. The number of hydrogen-bond donors (Lipinski definition) is 1. The van der Waals surface area contributed by atoms with Gasteiger partial charge in [0, 0.05) is 6.92 Å². The molecule has 0 aliphatic rings. The maximum Gasteiger partial charge on any atom is 0.308 e. The zero-order valence-electron chi connectivity index (χ0n) is 9.36. The third kappa shape index (κ3) is 6.06. The van der Waals surface area contributed by atoms with E-state index in [1.807, 2.05) is 6.92 Å². The van der Waals surface area contributed by atoms with E-state index in [4.69, 9.17) is 14.6 Å². The maximum absolute atomic E-state index is 11.2. The summed E-state index contributed by atoms with van der Waals surface area (Å²) in [7, 11) is 0. The van der Waals surface area contributed by atoms with Gasteiger partial charge in [-0.2, -0.15) is 0 Å². The lowest BCUT2D eigenvalue weighted by Crippen LogP contribution is -2.28. The maximum atomic E-state index is 11.2. The molecule has 0 aromatic carbocycles. The van der Waals surface area contributed by atoms with E-state index >= 15 is 0 Å². The molecule has 1 N–H and O–H groups in total. The molecule has 0 aliphatic heterocycles. The smallest absolute Gasteiger partial charge is 0.308 e. The second-order valence-corrected chi connectivity index (χ2v) is 3.35. The minimum Gasteiger partial charge on any atom is -0.461 e. The number of carbonyl (C=O) groups excluding carboxylic acids is 2. The highest BCUT2D eigenvalue weighted by atomic mass is 16.6. The number of hydrogen-bond acceptors (Lipinski definition) is 5. The van der Waals surface area contributed by atoms with Crippen LogP contribution in [-0.4, -0.2) is 36.4 Å². The van der Waals surface area contributed by atoms with Crippen molar-refractivity contribution in [2.45, 2.75) is 33.3 Å². The molecule has 0 saturated heterocycles. The minimum absolute atomic E-state index is 0.0980. The van der Waals surface area contributed by atoms with Crippen molar-refractivity contribution in [2.24, 2.45) is 5.92 Å². The van der Waals surface area contributed by atoms with Crippen molar-refractivity contribution in [2.75, 3.05) is 13.2 Å². The summed E-state index contributed by atoms with van der Waals surface area (Å²) in [5.74, 6) is -1.03. The van der Waals surface area contributed by atoms with E-state index in [9.17, 15) is 9.59 Å². The topological polar surface area (TPSA) is 72.8 Å². The van der Waals surface area contributed by atoms with Crippen LogP contribution >= 0.6 is 0 Å². The van der Waals surface area contributed by atoms with Crippen LogP contribution in [0.2, 0.25) is 0 Å². The van der Waals surface area contributed by atoms with Gasteiger partial charge in [0.15, 0.2) is 6.10 Å². The van der Waals surface area contributed by atoms with Gasteiger partial charge >= 0.3 is 11.9 Å². The Kier molecular flexibility index (Phi) is 6.70. The van der Waals surface area contributed by atoms with Crippen LogP contribution in [0.3, 0.4) is 0 Å². The Hall–Kier alpha value is -1.10. The molecule has 0 aliphatic carbocycles. The summed E-state index contributed by atoms with van der Waals surface area (Å²) in [6, 6.07) is 0. The van der Waals surface area contributed by atoms with Crippen LogP contribution in [-0.2, 0) is 19.1 Å². The summed E-state index contributed by atoms with van der Waals surface area (Å²) in [6.07, 6.45) is -0.0774. The van der Waals surface area contributed by atoms with Gasteiger partial charge in [-0.05, 0) is 6.42 Å². The summed E-state index contributed by atoms with van der Waals surface area (Å²) in [4.78, 5) is 21.8. The lowest BCUT2D eigenvalue weighted by molar-refractivity contribution is -0.161. The summed E-state index contributed by atoms with van der Waals surface area (Å²) >= 11 is 0. The van der Waals surface area contributed by atoms with Gasteiger partial charge in [0.1, 0.15) is 6.61 Å². The predicted molar refractivity (Wildman–Crippen MR) is 53.1 cm³/mol. The molecule has 88 valence electrons. The van der Waals surface area contributed by atoms with Crippen LogP contribution in [0.25, 0.3) is 0 Å². The molecular weight excluding hydrogens is 200 g/mol. The van der Waals surface area contributed by atoms with Crippen LogP contribution < -0.4 is 0 Å².